The summed E-state index contributed by atoms with van der Waals surface area (Å²) in [7, 11) is 0. The first-order chi connectivity index (χ1) is 6.81. The van der Waals surface area contributed by atoms with E-state index in [2.05, 4.69) is 42.3 Å². The number of thioether (sulfide) groups is 1. The Morgan fingerprint density at radius 1 is 0.929 bits per heavy atom. The standard InChI is InChI=1S/C11H22N2S/c1-4-9-12-7-8-13(9)11(6-3)14-10(12)5-2/h9-11H,4-8H2,1-3H3. The highest BCUT2D eigenvalue weighted by molar-refractivity contribution is 8.00. The molecule has 0 amide bonds. The van der Waals surface area contributed by atoms with Crippen LogP contribution in [0.1, 0.15) is 40.0 Å². The van der Waals surface area contributed by atoms with Crippen LogP contribution in [0.25, 0.3) is 0 Å². The molecule has 3 heteroatoms. The quantitative estimate of drug-likeness (QED) is 0.713. The lowest BCUT2D eigenvalue weighted by Gasteiger charge is -2.44. The average molecular weight is 214 g/mol. The highest BCUT2D eigenvalue weighted by Gasteiger charge is 2.43. The van der Waals surface area contributed by atoms with Gasteiger partial charge >= 0.3 is 0 Å². The Morgan fingerprint density at radius 2 is 1.43 bits per heavy atom. The molecule has 0 aromatic rings. The van der Waals surface area contributed by atoms with Crippen molar-refractivity contribution in [3.05, 3.63) is 0 Å². The Hall–Kier alpha value is 0.270. The molecule has 0 radical (unpaired) electrons. The zero-order chi connectivity index (χ0) is 10.1. The minimum atomic E-state index is 0.742. The van der Waals surface area contributed by atoms with Crippen LogP contribution in [-0.4, -0.2) is 39.8 Å². The van der Waals surface area contributed by atoms with Crippen LogP contribution in [0, 0.1) is 0 Å². The lowest BCUT2D eigenvalue weighted by Crippen LogP contribution is -2.51. The van der Waals surface area contributed by atoms with Crippen LogP contribution in [0.5, 0.6) is 0 Å². The van der Waals surface area contributed by atoms with Crippen molar-refractivity contribution < 1.29 is 0 Å². The minimum Gasteiger partial charge on any atom is -0.274 e. The van der Waals surface area contributed by atoms with Crippen molar-refractivity contribution in [1.82, 2.24) is 9.80 Å². The van der Waals surface area contributed by atoms with E-state index >= 15 is 0 Å². The third-order valence-electron chi connectivity index (χ3n) is 3.50. The summed E-state index contributed by atoms with van der Waals surface area (Å²) in [6.45, 7) is 9.56. The summed E-state index contributed by atoms with van der Waals surface area (Å²) in [5.41, 5.74) is 0. The smallest absolute Gasteiger partial charge is 0.0639 e. The molecule has 2 fully saturated rings. The summed E-state index contributed by atoms with van der Waals surface area (Å²) in [6, 6.07) is 0. The number of hydrogen-bond acceptors (Lipinski definition) is 3. The molecule has 4 atom stereocenters. The van der Waals surface area contributed by atoms with E-state index in [0.29, 0.717) is 0 Å². The molecular formula is C11H22N2S. The second-order valence-electron chi connectivity index (χ2n) is 4.23. The summed E-state index contributed by atoms with van der Waals surface area (Å²) >= 11 is 2.18. The van der Waals surface area contributed by atoms with Crippen LogP contribution in [-0.2, 0) is 0 Å². The Bertz CT molecular complexity index is 180. The Kier molecular flexibility index (Phi) is 3.40. The predicted octanol–water partition coefficient (Wildman–Crippen LogP) is 2.56. The van der Waals surface area contributed by atoms with E-state index in [9.17, 15) is 0 Å². The molecule has 0 N–H and O–H groups in total. The number of hydrogen-bond donors (Lipinski definition) is 0. The summed E-state index contributed by atoms with van der Waals surface area (Å²) in [5.74, 6) is 0. The molecule has 0 aromatic carbocycles. The van der Waals surface area contributed by atoms with Gasteiger partial charge in [0.15, 0.2) is 0 Å². The van der Waals surface area contributed by atoms with Crippen molar-refractivity contribution in [3.63, 3.8) is 0 Å². The Labute approximate surface area is 92.0 Å². The van der Waals surface area contributed by atoms with E-state index in [0.717, 1.165) is 16.9 Å². The fraction of sp³-hybridized carbons (Fsp3) is 1.00. The van der Waals surface area contributed by atoms with Crippen LogP contribution >= 0.6 is 11.8 Å². The van der Waals surface area contributed by atoms with Crippen molar-refractivity contribution >= 4 is 11.8 Å². The fourth-order valence-corrected chi connectivity index (χ4v) is 4.41. The zero-order valence-corrected chi connectivity index (χ0v) is 10.4. The monoisotopic (exact) mass is 214 g/mol. The van der Waals surface area contributed by atoms with Gasteiger partial charge in [-0.2, -0.15) is 0 Å². The number of nitrogens with zero attached hydrogens (tertiary/aromatic N) is 2. The first kappa shape index (κ1) is 10.8. The molecule has 14 heavy (non-hydrogen) atoms. The maximum Gasteiger partial charge on any atom is 0.0639 e. The van der Waals surface area contributed by atoms with E-state index in [1.165, 1.54) is 32.4 Å². The topological polar surface area (TPSA) is 6.48 Å². The SMILES string of the molecule is CCC1SC(CC)N2CCN1C2CC. The predicted molar refractivity (Wildman–Crippen MR) is 63.2 cm³/mol. The van der Waals surface area contributed by atoms with Gasteiger partial charge in [0.25, 0.3) is 0 Å². The molecule has 4 unspecified atom stereocenters. The van der Waals surface area contributed by atoms with Crippen LogP contribution < -0.4 is 0 Å². The van der Waals surface area contributed by atoms with E-state index in [4.69, 9.17) is 0 Å². The third kappa shape index (κ3) is 1.59. The summed E-state index contributed by atoms with van der Waals surface area (Å²) in [6.07, 6.45) is 4.62. The zero-order valence-electron chi connectivity index (χ0n) is 9.57. The molecule has 2 rings (SSSR count). The minimum absolute atomic E-state index is 0.742. The molecule has 2 nitrogen and oxygen atoms in total. The molecule has 2 bridgehead atoms. The largest absolute Gasteiger partial charge is 0.274 e. The highest BCUT2D eigenvalue weighted by Crippen LogP contribution is 2.40. The van der Waals surface area contributed by atoms with Gasteiger partial charge in [-0.3, -0.25) is 9.80 Å². The van der Waals surface area contributed by atoms with Crippen LogP contribution in [0.3, 0.4) is 0 Å². The molecule has 2 saturated heterocycles. The van der Waals surface area contributed by atoms with Crippen molar-refractivity contribution in [3.8, 4) is 0 Å². The van der Waals surface area contributed by atoms with Gasteiger partial charge in [-0.25, -0.2) is 0 Å². The van der Waals surface area contributed by atoms with E-state index < -0.39 is 0 Å². The molecule has 2 aliphatic rings. The highest BCUT2D eigenvalue weighted by atomic mass is 32.2. The van der Waals surface area contributed by atoms with Gasteiger partial charge in [-0.15, -0.1) is 11.8 Å². The molecule has 0 spiro atoms. The molecule has 2 heterocycles. The second kappa shape index (κ2) is 4.42. The fourth-order valence-electron chi connectivity index (χ4n) is 2.86. The van der Waals surface area contributed by atoms with Crippen LogP contribution in [0.4, 0.5) is 0 Å². The molecular weight excluding hydrogens is 192 g/mol. The lowest BCUT2D eigenvalue weighted by molar-refractivity contribution is 0.0952. The molecule has 0 aromatic heterocycles. The van der Waals surface area contributed by atoms with Crippen molar-refractivity contribution in [2.45, 2.75) is 56.9 Å². The average Bonchev–Trinajstić information content (AvgIpc) is 2.55. The van der Waals surface area contributed by atoms with Crippen LogP contribution in [0.2, 0.25) is 0 Å². The molecule has 2 aliphatic heterocycles. The first-order valence-corrected chi connectivity index (χ1v) is 6.93. The van der Waals surface area contributed by atoms with E-state index in [1.807, 2.05) is 0 Å². The van der Waals surface area contributed by atoms with Crippen molar-refractivity contribution in [2.75, 3.05) is 13.1 Å². The number of rotatable bonds is 3. The molecule has 82 valence electrons. The number of fused-ring (bicyclic) bond motifs is 2. The summed E-state index contributed by atoms with van der Waals surface area (Å²) in [5, 5.41) is 1.56. The van der Waals surface area contributed by atoms with Crippen molar-refractivity contribution in [2.24, 2.45) is 0 Å². The van der Waals surface area contributed by atoms with Gasteiger partial charge in [0.2, 0.25) is 0 Å². The summed E-state index contributed by atoms with van der Waals surface area (Å²) < 4.78 is 0. The van der Waals surface area contributed by atoms with Gasteiger partial charge in [0.05, 0.1) is 16.9 Å². The van der Waals surface area contributed by atoms with Gasteiger partial charge in [-0.05, 0) is 19.3 Å². The summed E-state index contributed by atoms with van der Waals surface area (Å²) in [4.78, 5) is 5.41. The maximum absolute atomic E-state index is 2.71. The molecule has 0 aliphatic carbocycles. The lowest BCUT2D eigenvalue weighted by atomic mass is 10.3. The van der Waals surface area contributed by atoms with Gasteiger partial charge in [-0.1, -0.05) is 20.8 Å². The first-order valence-electron chi connectivity index (χ1n) is 5.98. The van der Waals surface area contributed by atoms with Crippen LogP contribution in [0.15, 0.2) is 0 Å². The van der Waals surface area contributed by atoms with Gasteiger partial charge < -0.3 is 0 Å². The second-order valence-corrected chi connectivity index (χ2v) is 5.59. The maximum atomic E-state index is 2.71. The Morgan fingerprint density at radius 3 is 1.79 bits per heavy atom. The third-order valence-corrected chi connectivity index (χ3v) is 5.34. The van der Waals surface area contributed by atoms with Gasteiger partial charge in [0, 0.05) is 13.1 Å². The Balaban J connectivity index is 2.14. The van der Waals surface area contributed by atoms with Gasteiger partial charge in [0.1, 0.15) is 0 Å². The normalized spacial score (nSPS) is 46.9. The van der Waals surface area contributed by atoms with Crippen molar-refractivity contribution in [1.29, 1.82) is 0 Å². The molecule has 0 saturated carbocycles. The van der Waals surface area contributed by atoms with E-state index in [-0.39, 0.29) is 0 Å². The van der Waals surface area contributed by atoms with E-state index in [1.54, 1.807) is 0 Å².